The summed E-state index contributed by atoms with van der Waals surface area (Å²) in [6, 6.07) is 0.962. The van der Waals surface area contributed by atoms with Crippen molar-refractivity contribution in [3.8, 4) is 0 Å². The number of aromatic nitrogens is 6. The van der Waals surface area contributed by atoms with E-state index in [-0.39, 0.29) is 28.4 Å². The molecule has 2 fully saturated rings. The lowest BCUT2D eigenvalue weighted by Gasteiger charge is -2.48. The molecule has 0 amide bonds. The van der Waals surface area contributed by atoms with Gasteiger partial charge in [0.05, 0.1) is 12.7 Å². The van der Waals surface area contributed by atoms with Gasteiger partial charge in [-0.1, -0.05) is 0 Å². The fraction of sp³-hybridized carbons (Fsp3) is 0.550. The van der Waals surface area contributed by atoms with Crippen molar-refractivity contribution in [1.29, 1.82) is 0 Å². The second kappa shape index (κ2) is 7.60. The molecular weight excluding hydrogens is 463 g/mol. The van der Waals surface area contributed by atoms with Crippen molar-refractivity contribution in [3.05, 3.63) is 34.3 Å². The molecule has 3 aromatic heterocycles. The van der Waals surface area contributed by atoms with Gasteiger partial charge in [0, 0.05) is 44.7 Å². The maximum atomic E-state index is 13.1. The van der Waals surface area contributed by atoms with E-state index in [1.54, 1.807) is 4.90 Å². The molecule has 0 N–H and O–H groups in total. The van der Waals surface area contributed by atoms with Crippen molar-refractivity contribution in [2.45, 2.75) is 32.5 Å². The molecule has 2 saturated heterocycles. The molecule has 34 heavy (non-hydrogen) atoms. The van der Waals surface area contributed by atoms with Crippen molar-refractivity contribution in [2.75, 3.05) is 36.0 Å². The van der Waals surface area contributed by atoms with Crippen molar-refractivity contribution < 1.29 is 22.0 Å². The lowest BCUT2D eigenvalue weighted by molar-refractivity contribution is -0.141. The maximum Gasteiger partial charge on any atom is 0.433 e. The normalized spacial score (nSPS) is 17.9. The maximum absolute atomic E-state index is 13.1. The van der Waals surface area contributed by atoms with Crippen LogP contribution in [0.3, 0.4) is 0 Å². The zero-order valence-electron chi connectivity index (χ0n) is 18.4. The molecule has 0 atom stereocenters. The van der Waals surface area contributed by atoms with Gasteiger partial charge < -0.3 is 9.80 Å². The van der Waals surface area contributed by atoms with Gasteiger partial charge in [0.1, 0.15) is 23.2 Å². The SMILES string of the molecule is Cc1nc(N2CC3(CCN(c4cnc5c(n4)n(CC(F)F)c(=O)n5C)C3)C2)cc(C(F)(F)F)n1. The first-order chi connectivity index (χ1) is 16.0. The van der Waals surface area contributed by atoms with Crippen LogP contribution >= 0.6 is 0 Å². The molecule has 0 saturated carbocycles. The fourth-order valence-corrected chi connectivity index (χ4v) is 4.77. The molecule has 0 unspecified atom stereocenters. The zero-order chi connectivity index (χ0) is 24.4. The van der Waals surface area contributed by atoms with Crippen LogP contribution in [0.25, 0.3) is 11.3 Å². The zero-order valence-corrected chi connectivity index (χ0v) is 18.4. The van der Waals surface area contributed by atoms with Crippen LogP contribution in [-0.4, -0.2) is 61.7 Å². The van der Waals surface area contributed by atoms with E-state index in [9.17, 15) is 26.7 Å². The summed E-state index contributed by atoms with van der Waals surface area (Å²) >= 11 is 0. The number of fused-ring (bicyclic) bond motifs is 1. The predicted octanol–water partition coefficient (Wildman–Crippen LogP) is 2.23. The predicted molar refractivity (Wildman–Crippen MR) is 112 cm³/mol. The van der Waals surface area contributed by atoms with E-state index in [1.165, 1.54) is 24.7 Å². The summed E-state index contributed by atoms with van der Waals surface area (Å²) in [4.78, 5) is 32.4. The number of hydrogen-bond acceptors (Lipinski definition) is 7. The van der Waals surface area contributed by atoms with E-state index in [2.05, 4.69) is 19.9 Å². The average molecular weight is 484 g/mol. The van der Waals surface area contributed by atoms with E-state index < -0.39 is 30.5 Å². The number of halogens is 5. The Labute approximate surface area is 189 Å². The standard InChI is InChI=1S/C20H21F5N8O/c1-11-27-12(20(23,24)25)5-14(28-11)32-9-19(10-32)3-4-31(8-19)15-6-26-16-17(29-15)33(7-13(21)22)18(34)30(16)2/h5-6,13H,3-4,7-10H2,1-2H3. The number of alkyl halides is 5. The molecule has 2 aliphatic rings. The quantitative estimate of drug-likeness (QED) is 0.525. The van der Waals surface area contributed by atoms with Gasteiger partial charge in [0.15, 0.2) is 11.3 Å². The van der Waals surface area contributed by atoms with Gasteiger partial charge in [-0.15, -0.1) is 0 Å². The van der Waals surface area contributed by atoms with Crippen LogP contribution in [-0.2, 0) is 19.8 Å². The van der Waals surface area contributed by atoms with Crippen molar-refractivity contribution >= 4 is 22.9 Å². The van der Waals surface area contributed by atoms with Crippen LogP contribution < -0.4 is 15.5 Å². The Hall–Kier alpha value is -3.32. The number of rotatable bonds is 4. The Bertz CT molecular complexity index is 1310. The monoisotopic (exact) mass is 484 g/mol. The van der Waals surface area contributed by atoms with Crippen LogP contribution in [0.5, 0.6) is 0 Å². The largest absolute Gasteiger partial charge is 0.433 e. The third kappa shape index (κ3) is 3.74. The number of imidazole rings is 1. The Kier molecular flexibility index (Phi) is 5.02. The molecule has 0 aromatic carbocycles. The first kappa shape index (κ1) is 22.5. The van der Waals surface area contributed by atoms with Crippen LogP contribution in [0.2, 0.25) is 0 Å². The minimum Gasteiger partial charge on any atom is -0.355 e. The molecule has 2 aliphatic heterocycles. The van der Waals surface area contributed by atoms with Crippen molar-refractivity contribution in [3.63, 3.8) is 0 Å². The molecule has 3 aromatic rings. The molecule has 182 valence electrons. The first-order valence-corrected chi connectivity index (χ1v) is 10.6. The molecule has 0 aliphatic carbocycles. The van der Waals surface area contributed by atoms with Gasteiger partial charge in [0.25, 0.3) is 6.43 Å². The summed E-state index contributed by atoms with van der Waals surface area (Å²) in [6.07, 6.45) is -4.98. The number of hydrogen-bond donors (Lipinski definition) is 0. The molecule has 5 rings (SSSR count). The first-order valence-electron chi connectivity index (χ1n) is 10.6. The van der Waals surface area contributed by atoms with E-state index in [1.807, 2.05) is 4.90 Å². The Morgan fingerprint density at radius 3 is 2.44 bits per heavy atom. The molecule has 14 heteroatoms. The second-order valence-electron chi connectivity index (χ2n) is 8.90. The smallest absolute Gasteiger partial charge is 0.355 e. The summed E-state index contributed by atoms with van der Waals surface area (Å²) in [6.45, 7) is 2.90. The summed E-state index contributed by atoms with van der Waals surface area (Å²) in [5, 5.41) is 0. The summed E-state index contributed by atoms with van der Waals surface area (Å²) in [5.74, 6) is 0.763. The summed E-state index contributed by atoms with van der Waals surface area (Å²) in [5.41, 5.74) is -1.42. The van der Waals surface area contributed by atoms with E-state index in [0.29, 0.717) is 32.0 Å². The molecule has 0 bridgehead atoms. The van der Waals surface area contributed by atoms with Gasteiger partial charge in [-0.05, 0) is 13.3 Å². The van der Waals surface area contributed by atoms with Crippen molar-refractivity contribution in [2.24, 2.45) is 12.5 Å². The third-order valence-corrected chi connectivity index (χ3v) is 6.39. The lowest BCUT2D eigenvalue weighted by atomic mass is 9.79. The highest BCUT2D eigenvalue weighted by Gasteiger charge is 2.49. The van der Waals surface area contributed by atoms with E-state index >= 15 is 0 Å². The summed E-state index contributed by atoms with van der Waals surface area (Å²) < 4.78 is 67.4. The van der Waals surface area contributed by atoms with Gasteiger partial charge in [0.2, 0.25) is 0 Å². The second-order valence-corrected chi connectivity index (χ2v) is 8.90. The Morgan fingerprint density at radius 2 is 1.76 bits per heavy atom. The molecule has 9 nitrogen and oxygen atoms in total. The third-order valence-electron chi connectivity index (χ3n) is 6.39. The number of nitrogens with zero attached hydrogens (tertiary/aromatic N) is 8. The number of anilines is 2. The average Bonchev–Trinajstić information content (AvgIpc) is 3.28. The molecule has 0 radical (unpaired) electrons. The highest BCUT2D eigenvalue weighted by molar-refractivity contribution is 5.69. The molecule has 5 heterocycles. The van der Waals surface area contributed by atoms with Crippen LogP contribution in [0.15, 0.2) is 17.1 Å². The van der Waals surface area contributed by atoms with Gasteiger partial charge in [-0.3, -0.25) is 9.13 Å². The highest BCUT2D eigenvalue weighted by atomic mass is 19.4. The number of aryl methyl sites for hydroxylation is 2. The van der Waals surface area contributed by atoms with Crippen LogP contribution in [0.4, 0.5) is 33.6 Å². The van der Waals surface area contributed by atoms with Gasteiger partial charge in [-0.25, -0.2) is 33.5 Å². The lowest BCUT2D eigenvalue weighted by Crippen LogP contribution is -2.58. The minimum atomic E-state index is -4.55. The highest BCUT2D eigenvalue weighted by Crippen LogP contribution is 2.43. The topological polar surface area (TPSA) is 85.0 Å². The van der Waals surface area contributed by atoms with Crippen molar-refractivity contribution in [1.82, 2.24) is 29.1 Å². The van der Waals surface area contributed by atoms with Gasteiger partial charge >= 0.3 is 11.9 Å². The molecular formula is C20H21F5N8O. The minimum absolute atomic E-state index is 0.0557. The Morgan fingerprint density at radius 1 is 1.06 bits per heavy atom. The van der Waals surface area contributed by atoms with Crippen LogP contribution in [0, 0.1) is 12.3 Å². The van der Waals surface area contributed by atoms with E-state index in [4.69, 9.17) is 0 Å². The van der Waals surface area contributed by atoms with Crippen LogP contribution in [0.1, 0.15) is 17.9 Å². The fourth-order valence-electron chi connectivity index (χ4n) is 4.77. The molecule has 1 spiro atoms. The van der Waals surface area contributed by atoms with Gasteiger partial charge in [-0.2, -0.15) is 13.2 Å². The van der Waals surface area contributed by atoms with E-state index in [0.717, 1.165) is 17.1 Å². The summed E-state index contributed by atoms with van der Waals surface area (Å²) in [7, 11) is 1.45. The Balaban J connectivity index is 1.35.